The van der Waals surface area contributed by atoms with E-state index in [9.17, 15) is 18.4 Å². The fourth-order valence-electron chi connectivity index (χ4n) is 2.58. The number of rotatable bonds is 3. The van der Waals surface area contributed by atoms with E-state index >= 15 is 0 Å². The summed E-state index contributed by atoms with van der Waals surface area (Å²) in [6.45, 7) is 0.273. The Morgan fingerprint density at radius 3 is 2.50 bits per heavy atom. The summed E-state index contributed by atoms with van der Waals surface area (Å²) in [4.78, 5) is 25.5. The van der Waals surface area contributed by atoms with Crippen LogP contribution in [0.4, 0.5) is 25.0 Å². The summed E-state index contributed by atoms with van der Waals surface area (Å²) in [5.41, 5.74) is 0.634. The number of carbonyl (C=O) groups excluding carboxylic acids is 2. The molecule has 3 amide bonds. The van der Waals surface area contributed by atoms with E-state index in [0.29, 0.717) is 5.69 Å². The van der Waals surface area contributed by atoms with Gasteiger partial charge in [0.25, 0.3) is 0 Å². The number of hydrogen-bond acceptors (Lipinski definition) is 2. The highest BCUT2D eigenvalue weighted by Gasteiger charge is 2.31. The number of benzene rings is 2. The molecular formula is C17H15F2N3O2. The third-order valence-electron chi connectivity index (χ3n) is 3.72. The Morgan fingerprint density at radius 2 is 1.79 bits per heavy atom. The highest BCUT2D eigenvalue weighted by Crippen LogP contribution is 2.22. The van der Waals surface area contributed by atoms with Crippen LogP contribution in [0.15, 0.2) is 48.5 Å². The zero-order valence-corrected chi connectivity index (χ0v) is 12.6. The van der Waals surface area contributed by atoms with Crippen LogP contribution in [0.2, 0.25) is 0 Å². The van der Waals surface area contributed by atoms with Gasteiger partial charge in [-0.25, -0.2) is 13.6 Å². The van der Waals surface area contributed by atoms with Crippen LogP contribution in [0.3, 0.4) is 0 Å². The molecule has 1 saturated heterocycles. The normalized spacial score (nSPS) is 17.0. The lowest BCUT2D eigenvalue weighted by Gasteiger charge is -2.17. The molecule has 0 aliphatic carbocycles. The SMILES string of the molecule is O=C(Nc1ccccc1F)NC1CC(=O)N(c2ccc(F)cc2)C1. The summed E-state index contributed by atoms with van der Waals surface area (Å²) < 4.78 is 26.5. The third-order valence-corrected chi connectivity index (χ3v) is 3.72. The number of anilines is 2. The largest absolute Gasteiger partial charge is 0.333 e. The van der Waals surface area contributed by atoms with Crippen molar-refractivity contribution in [2.24, 2.45) is 0 Å². The summed E-state index contributed by atoms with van der Waals surface area (Å²) in [7, 11) is 0. The van der Waals surface area contributed by atoms with Crippen LogP contribution in [0.25, 0.3) is 0 Å². The zero-order valence-electron chi connectivity index (χ0n) is 12.6. The average Bonchev–Trinajstić information content (AvgIpc) is 2.90. The van der Waals surface area contributed by atoms with E-state index < -0.39 is 17.9 Å². The lowest BCUT2D eigenvalue weighted by molar-refractivity contribution is -0.117. The minimum atomic E-state index is -0.584. The summed E-state index contributed by atoms with van der Waals surface area (Å²) in [6, 6.07) is 10.4. The van der Waals surface area contributed by atoms with Crippen molar-refractivity contribution in [1.82, 2.24) is 5.32 Å². The predicted molar refractivity (Wildman–Crippen MR) is 85.7 cm³/mol. The number of carbonyl (C=O) groups is 2. The van der Waals surface area contributed by atoms with E-state index in [1.54, 1.807) is 6.07 Å². The van der Waals surface area contributed by atoms with Crippen molar-refractivity contribution in [3.8, 4) is 0 Å². The van der Waals surface area contributed by atoms with E-state index in [1.807, 2.05) is 0 Å². The molecule has 0 bridgehead atoms. The summed E-state index contributed by atoms with van der Waals surface area (Å²) in [5.74, 6) is -1.09. The van der Waals surface area contributed by atoms with Gasteiger partial charge >= 0.3 is 6.03 Å². The topological polar surface area (TPSA) is 61.4 Å². The minimum Gasteiger partial charge on any atom is -0.333 e. The molecule has 0 saturated carbocycles. The molecule has 1 aliphatic heterocycles. The molecule has 0 aromatic heterocycles. The molecule has 7 heteroatoms. The van der Waals surface area contributed by atoms with E-state index in [1.165, 1.54) is 47.4 Å². The maximum absolute atomic E-state index is 13.5. The predicted octanol–water partition coefficient (Wildman–Crippen LogP) is 2.89. The van der Waals surface area contributed by atoms with Crippen molar-refractivity contribution in [2.45, 2.75) is 12.5 Å². The fraction of sp³-hybridized carbons (Fsp3) is 0.176. The van der Waals surface area contributed by atoms with E-state index in [4.69, 9.17) is 0 Å². The van der Waals surface area contributed by atoms with Gasteiger partial charge in [0, 0.05) is 18.7 Å². The first-order valence-electron chi connectivity index (χ1n) is 7.41. The Bertz CT molecular complexity index is 765. The van der Waals surface area contributed by atoms with Crippen LogP contribution >= 0.6 is 0 Å². The highest BCUT2D eigenvalue weighted by molar-refractivity contribution is 5.97. The number of urea groups is 1. The second-order valence-electron chi connectivity index (χ2n) is 5.46. The first kappa shape index (κ1) is 15.9. The van der Waals surface area contributed by atoms with Gasteiger partial charge in [-0.2, -0.15) is 0 Å². The van der Waals surface area contributed by atoms with Crippen LogP contribution in [0, 0.1) is 11.6 Å². The molecule has 3 rings (SSSR count). The van der Waals surface area contributed by atoms with E-state index in [2.05, 4.69) is 10.6 Å². The first-order chi connectivity index (χ1) is 11.5. The van der Waals surface area contributed by atoms with Crippen LogP contribution in [-0.4, -0.2) is 24.5 Å². The second-order valence-corrected chi connectivity index (χ2v) is 5.46. The number of para-hydroxylation sites is 1. The first-order valence-corrected chi connectivity index (χ1v) is 7.41. The molecule has 1 heterocycles. The Kier molecular flexibility index (Phi) is 4.41. The van der Waals surface area contributed by atoms with Crippen LogP contribution in [0.5, 0.6) is 0 Å². The fourth-order valence-corrected chi connectivity index (χ4v) is 2.58. The molecule has 1 unspecified atom stereocenters. The third kappa shape index (κ3) is 3.51. The zero-order chi connectivity index (χ0) is 17.1. The maximum atomic E-state index is 13.5. The highest BCUT2D eigenvalue weighted by atomic mass is 19.1. The number of nitrogens with one attached hydrogen (secondary N) is 2. The Hall–Kier alpha value is -2.96. The average molecular weight is 331 g/mol. The van der Waals surface area contributed by atoms with Crippen LogP contribution < -0.4 is 15.5 Å². The van der Waals surface area contributed by atoms with Crippen LogP contribution in [0.1, 0.15) is 6.42 Å². The van der Waals surface area contributed by atoms with Gasteiger partial charge < -0.3 is 15.5 Å². The summed E-state index contributed by atoms with van der Waals surface area (Å²) in [6.07, 6.45) is 0.127. The molecule has 2 N–H and O–H groups in total. The molecule has 124 valence electrons. The van der Waals surface area contributed by atoms with E-state index in [-0.39, 0.29) is 30.4 Å². The molecular weight excluding hydrogens is 316 g/mol. The van der Waals surface area contributed by atoms with Crippen molar-refractivity contribution in [3.05, 3.63) is 60.2 Å². The quantitative estimate of drug-likeness (QED) is 0.908. The van der Waals surface area contributed by atoms with Gasteiger partial charge in [0.15, 0.2) is 0 Å². The van der Waals surface area contributed by atoms with Gasteiger partial charge in [0.05, 0.1) is 11.7 Å². The van der Waals surface area contributed by atoms with E-state index in [0.717, 1.165) is 0 Å². The molecule has 1 atom stereocenters. The number of hydrogen-bond donors (Lipinski definition) is 2. The molecule has 2 aromatic rings. The van der Waals surface area contributed by atoms with Crippen molar-refractivity contribution in [2.75, 3.05) is 16.8 Å². The molecule has 0 spiro atoms. The lowest BCUT2D eigenvalue weighted by Crippen LogP contribution is -2.39. The number of halogens is 2. The number of amides is 3. The maximum Gasteiger partial charge on any atom is 0.319 e. The van der Waals surface area contributed by atoms with Gasteiger partial charge in [-0.15, -0.1) is 0 Å². The molecule has 1 aliphatic rings. The van der Waals surface area contributed by atoms with Crippen LogP contribution in [-0.2, 0) is 4.79 Å². The Labute approximate surface area is 137 Å². The van der Waals surface area contributed by atoms with Gasteiger partial charge in [-0.3, -0.25) is 4.79 Å². The van der Waals surface area contributed by atoms with Gasteiger partial charge in [0.2, 0.25) is 5.91 Å². The molecule has 1 fully saturated rings. The van der Waals surface area contributed by atoms with Gasteiger partial charge in [0.1, 0.15) is 11.6 Å². The molecule has 0 radical (unpaired) electrons. The summed E-state index contributed by atoms with van der Waals surface area (Å²) >= 11 is 0. The summed E-state index contributed by atoms with van der Waals surface area (Å²) in [5, 5.41) is 5.05. The molecule has 24 heavy (non-hydrogen) atoms. The Balaban J connectivity index is 1.61. The second kappa shape index (κ2) is 6.66. The monoisotopic (exact) mass is 331 g/mol. The number of nitrogens with zero attached hydrogens (tertiary/aromatic N) is 1. The van der Waals surface area contributed by atoms with Gasteiger partial charge in [-0.1, -0.05) is 12.1 Å². The molecule has 5 nitrogen and oxygen atoms in total. The van der Waals surface area contributed by atoms with Crippen molar-refractivity contribution < 1.29 is 18.4 Å². The van der Waals surface area contributed by atoms with Crippen molar-refractivity contribution in [3.63, 3.8) is 0 Å². The molecule has 2 aromatic carbocycles. The Morgan fingerprint density at radius 1 is 1.08 bits per heavy atom. The van der Waals surface area contributed by atoms with Crippen molar-refractivity contribution >= 4 is 23.3 Å². The minimum absolute atomic E-state index is 0.0646. The van der Waals surface area contributed by atoms with Crippen molar-refractivity contribution in [1.29, 1.82) is 0 Å². The van der Waals surface area contributed by atoms with Gasteiger partial charge in [-0.05, 0) is 36.4 Å². The smallest absolute Gasteiger partial charge is 0.319 e. The lowest BCUT2D eigenvalue weighted by atomic mass is 10.2. The standard InChI is InChI=1S/C17H15F2N3O2/c18-11-5-7-13(8-6-11)22-10-12(9-16(22)23)20-17(24)21-15-4-2-1-3-14(15)19/h1-8,12H,9-10H2,(H2,20,21,24).